The fourth-order valence-electron chi connectivity index (χ4n) is 1.75. The highest BCUT2D eigenvalue weighted by Gasteiger charge is 2.19. The summed E-state index contributed by atoms with van der Waals surface area (Å²) in [4.78, 5) is 16.4. The van der Waals surface area contributed by atoms with Crippen LogP contribution in [0.3, 0.4) is 0 Å². The first-order valence-corrected chi connectivity index (χ1v) is 5.70. The van der Waals surface area contributed by atoms with Gasteiger partial charge in [0.1, 0.15) is 11.5 Å². The number of nitrogens with zero attached hydrogens (tertiary/aromatic N) is 1. The highest BCUT2D eigenvalue weighted by molar-refractivity contribution is 5.98. The zero-order chi connectivity index (χ0) is 13.3. The van der Waals surface area contributed by atoms with Crippen LogP contribution < -0.4 is 0 Å². The van der Waals surface area contributed by atoms with Crippen LogP contribution in [-0.2, 0) is 0 Å². The molecule has 0 aliphatic carbocycles. The van der Waals surface area contributed by atoms with Gasteiger partial charge in [-0.05, 0) is 25.1 Å². The number of benzene rings is 1. The maximum atomic E-state index is 13.5. The molecule has 96 valence electrons. The van der Waals surface area contributed by atoms with Gasteiger partial charge in [-0.25, -0.2) is 4.39 Å². The number of halogens is 1. The summed E-state index contributed by atoms with van der Waals surface area (Å²) in [5.41, 5.74) is 0.904. The van der Waals surface area contributed by atoms with Crippen LogP contribution in [0.25, 0.3) is 10.9 Å². The molecule has 1 amide bonds. The second-order valence-electron chi connectivity index (χ2n) is 4.33. The fourth-order valence-corrected chi connectivity index (χ4v) is 1.75. The second kappa shape index (κ2) is 4.78. The van der Waals surface area contributed by atoms with Crippen LogP contribution in [0, 0.1) is 5.82 Å². The summed E-state index contributed by atoms with van der Waals surface area (Å²) < 4.78 is 13.5. The quantitative estimate of drug-likeness (QED) is 0.872. The molecule has 4 nitrogen and oxygen atoms in total. The molecule has 0 fully saturated rings. The minimum Gasteiger partial charge on any atom is -0.394 e. The van der Waals surface area contributed by atoms with E-state index in [2.05, 4.69) is 4.98 Å². The lowest BCUT2D eigenvalue weighted by Crippen LogP contribution is -2.37. The number of likely N-dealkylation sites (N-methyl/N-ethyl adjacent to an activating group) is 1. The number of nitrogens with one attached hydrogen (secondary N) is 1. The van der Waals surface area contributed by atoms with Gasteiger partial charge in [0.25, 0.3) is 5.91 Å². The summed E-state index contributed by atoms with van der Waals surface area (Å²) in [7, 11) is 1.60. The minimum atomic E-state index is -0.361. The summed E-state index contributed by atoms with van der Waals surface area (Å²) in [6.07, 6.45) is 0. The number of aliphatic hydroxyl groups is 1. The standard InChI is InChI=1S/C13H15FN2O2/c1-8(7-17)16(2)13(18)12-6-9-10(14)4-3-5-11(9)15-12/h3-6,8,15,17H,7H2,1-2H3. The molecule has 1 heterocycles. The van der Waals surface area contributed by atoms with Gasteiger partial charge in [-0.2, -0.15) is 0 Å². The number of carbonyl (C=O) groups is 1. The predicted molar refractivity (Wildman–Crippen MR) is 66.9 cm³/mol. The largest absolute Gasteiger partial charge is 0.394 e. The molecule has 1 aromatic heterocycles. The number of fused-ring (bicyclic) bond motifs is 1. The predicted octanol–water partition coefficient (Wildman–Crippen LogP) is 1.76. The van der Waals surface area contributed by atoms with Crippen molar-refractivity contribution in [2.24, 2.45) is 0 Å². The Bertz CT molecular complexity index is 579. The molecule has 2 rings (SSSR count). The first-order valence-electron chi connectivity index (χ1n) is 5.70. The van der Waals surface area contributed by atoms with E-state index in [1.165, 1.54) is 17.0 Å². The van der Waals surface area contributed by atoms with Crippen LogP contribution in [-0.4, -0.2) is 40.6 Å². The number of aromatic amines is 1. The first-order chi connectivity index (χ1) is 8.54. The van der Waals surface area contributed by atoms with Gasteiger partial charge in [-0.1, -0.05) is 6.07 Å². The number of carbonyl (C=O) groups excluding carboxylic acids is 1. The van der Waals surface area contributed by atoms with E-state index in [0.717, 1.165) is 0 Å². The molecule has 2 N–H and O–H groups in total. The van der Waals surface area contributed by atoms with Gasteiger partial charge < -0.3 is 15.0 Å². The molecular weight excluding hydrogens is 235 g/mol. The summed E-state index contributed by atoms with van der Waals surface area (Å²) >= 11 is 0. The van der Waals surface area contributed by atoms with Gasteiger partial charge >= 0.3 is 0 Å². The maximum Gasteiger partial charge on any atom is 0.270 e. The van der Waals surface area contributed by atoms with Crippen LogP contribution in [0.15, 0.2) is 24.3 Å². The van der Waals surface area contributed by atoms with E-state index in [0.29, 0.717) is 16.6 Å². The smallest absolute Gasteiger partial charge is 0.270 e. The topological polar surface area (TPSA) is 56.3 Å². The lowest BCUT2D eigenvalue weighted by atomic mass is 10.2. The fraction of sp³-hybridized carbons (Fsp3) is 0.308. The molecule has 5 heteroatoms. The Hall–Kier alpha value is -1.88. The van der Waals surface area contributed by atoms with Crippen molar-refractivity contribution in [3.63, 3.8) is 0 Å². The van der Waals surface area contributed by atoms with Gasteiger partial charge in [0.2, 0.25) is 0 Å². The zero-order valence-corrected chi connectivity index (χ0v) is 10.3. The minimum absolute atomic E-state index is 0.114. The molecule has 1 atom stereocenters. The molecule has 0 aliphatic heterocycles. The third-order valence-electron chi connectivity index (χ3n) is 3.09. The molecule has 0 radical (unpaired) electrons. The summed E-state index contributed by atoms with van der Waals surface area (Å²) in [6, 6.07) is 5.86. The highest BCUT2D eigenvalue weighted by Crippen LogP contribution is 2.19. The number of aliphatic hydroxyl groups excluding tert-OH is 1. The van der Waals surface area contributed by atoms with Crippen molar-refractivity contribution in [3.8, 4) is 0 Å². The Balaban J connectivity index is 2.37. The SMILES string of the molecule is CC(CO)N(C)C(=O)c1cc2c(F)cccc2[nH]1. The van der Waals surface area contributed by atoms with E-state index in [1.807, 2.05) is 0 Å². The molecule has 1 aromatic carbocycles. The van der Waals surface area contributed by atoms with Gasteiger partial charge in [-0.3, -0.25) is 4.79 Å². The molecule has 0 aliphatic rings. The van der Waals surface area contributed by atoms with E-state index in [4.69, 9.17) is 5.11 Å². The van der Waals surface area contributed by atoms with Crippen LogP contribution >= 0.6 is 0 Å². The summed E-state index contributed by atoms with van der Waals surface area (Å²) in [5, 5.41) is 9.42. The maximum absolute atomic E-state index is 13.5. The van der Waals surface area contributed by atoms with Crippen LogP contribution in [0.1, 0.15) is 17.4 Å². The molecular formula is C13H15FN2O2. The highest BCUT2D eigenvalue weighted by atomic mass is 19.1. The Morgan fingerprint density at radius 2 is 2.28 bits per heavy atom. The first kappa shape index (κ1) is 12.6. The van der Waals surface area contributed by atoms with Crippen LogP contribution in [0.4, 0.5) is 4.39 Å². The molecule has 0 spiro atoms. The van der Waals surface area contributed by atoms with E-state index in [-0.39, 0.29) is 24.4 Å². The number of rotatable bonds is 3. The monoisotopic (exact) mass is 250 g/mol. The van der Waals surface area contributed by atoms with Crippen LogP contribution in [0.5, 0.6) is 0 Å². The Morgan fingerprint density at radius 3 is 2.89 bits per heavy atom. The van der Waals surface area contributed by atoms with E-state index in [9.17, 15) is 9.18 Å². The molecule has 0 saturated heterocycles. The van der Waals surface area contributed by atoms with Gasteiger partial charge in [-0.15, -0.1) is 0 Å². The lowest BCUT2D eigenvalue weighted by Gasteiger charge is -2.22. The lowest BCUT2D eigenvalue weighted by molar-refractivity contribution is 0.0677. The average molecular weight is 250 g/mol. The Morgan fingerprint density at radius 1 is 1.56 bits per heavy atom. The number of amides is 1. The average Bonchev–Trinajstić information content (AvgIpc) is 2.81. The van der Waals surface area contributed by atoms with Crippen molar-refractivity contribution in [1.82, 2.24) is 9.88 Å². The van der Waals surface area contributed by atoms with Crippen molar-refractivity contribution in [1.29, 1.82) is 0 Å². The third-order valence-corrected chi connectivity index (χ3v) is 3.09. The summed E-state index contributed by atoms with van der Waals surface area (Å²) in [5.74, 6) is -0.632. The number of aromatic nitrogens is 1. The van der Waals surface area contributed by atoms with Crippen molar-refractivity contribution in [2.75, 3.05) is 13.7 Å². The number of hydrogen-bond donors (Lipinski definition) is 2. The third kappa shape index (κ3) is 2.09. The summed E-state index contributed by atoms with van der Waals surface area (Å²) in [6.45, 7) is 1.62. The van der Waals surface area contributed by atoms with Crippen molar-refractivity contribution < 1.29 is 14.3 Å². The van der Waals surface area contributed by atoms with Gasteiger partial charge in [0.15, 0.2) is 0 Å². The van der Waals surface area contributed by atoms with Crippen molar-refractivity contribution >= 4 is 16.8 Å². The molecule has 18 heavy (non-hydrogen) atoms. The molecule has 0 bridgehead atoms. The van der Waals surface area contributed by atoms with Crippen molar-refractivity contribution in [2.45, 2.75) is 13.0 Å². The number of H-pyrrole nitrogens is 1. The van der Waals surface area contributed by atoms with Gasteiger partial charge in [0, 0.05) is 18.0 Å². The second-order valence-corrected chi connectivity index (χ2v) is 4.33. The number of hydrogen-bond acceptors (Lipinski definition) is 2. The molecule has 2 aromatic rings. The molecule has 1 unspecified atom stereocenters. The zero-order valence-electron chi connectivity index (χ0n) is 10.3. The van der Waals surface area contributed by atoms with Gasteiger partial charge in [0.05, 0.1) is 12.6 Å². The molecule has 0 saturated carbocycles. The van der Waals surface area contributed by atoms with E-state index < -0.39 is 0 Å². The van der Waals surface area contributed by atoms with E-state index >= 15 is 0 Å². The Labute approximate surface area is 104 Å². The Kier molecular flexibility index (Phi) is 3.34. The van der Waals surface area contributed by atoms with E-state index in [1.54, 1.807) is 26.1 Å². The van der Waals surface area contributed by atoms with Crippen molar-refractivity contribution in [3.05, 3.63) is 35.8 Å². The van der Waals surface area contributed by atoms with Crippen LogP contribution in [0.2, 0.25) is 0 Å². The normalized spacial score (nSPS) is 12.7.